The summed E-state index contributed by atoms with van der Waals surface area (Å²) in [5, 5.41) is 0.932. The largest absolute Gasteiger partial charge is 1.00 e. The zero-order valence-corrected chi connectivity index (χ0v) is 16.0. The highest BCUT2D eigenvalue weighted by atomic mass is 127. The Balaban J connectivity index is 0.00000242. The molecule has 0 aliphatic carbocycles. The van der Waals surface area contributed by atoms with Gasteiger partial charge in [0.05, 0.1) is 25.5 Å². The molecule has 0 radical (unpaired) electrons. The Morgan fingerprint density at radius 2 is 1.41 bits per heavy atom. The van der Waals surface area contributed by atoms with Crippen molar-refractivity contribution in [3.05, 3.63) is 60.7 Å². The molecule has 22 heavy (non-hydrogen) atoms. The van der Waals surface area contributed by atoms with Crippen molar-refractivity contribution in [2.45, 2.75) is 0 Å². The molecule has 0 unspecified atom stereocenters. The second-order valence-corrected chi connectivity index (χ2v) is 5.47. The van der Waals surface area contributed by atoms with Crippen molar-refractivity contribution in [3.8, 4) is 0 Å². The van der Waals surface area contributed by atoms with Gasteiger partial charge in [0, 0.05) is 0 Å². The fourth-order valence-corrected chi connectivity index (χ4v) is 2.44. The zero-order chi connectivity index (χ0) is 15.1. The molecule has 0 fully saturated rings. The van der Waals surface area contributed by atoms with Crippen molar-refractivity contribution in [1.82, 2.24) is 0 Å². The third kappa shape index (κ3) is 5.14. The fraction of sp³-hybridized carbons (Fsp3) is 0.176. The third-order valence-electron chi connectivity index (χ3n) is 2.80. The van der Waals surface area contributed by atoms with Gasteiger partial charge in [-0.3, -0.25) is 9.48 Å². The Morgan fingerprint density at radius 3 is 1.77 bits per heavy atom. The number of hydrogen-bond donors (Lipinski definition) is 0. The highest BCUT2D eigenvalue weighted by Crippen LogP contribution is 2.28. The van der Waals surface area contributed by atoms with Gasteiger partial charge >= 0.3 is 0 Å². The molecule has 116 valence electrons. The molecule has 0 amide bonds. The van der Waals surface area contributed by atoms with Crippen LogP contribution in [0, 0.1) is 0 Å². The number of amidine groups is 1. The first-order valence-electron chi connectivity index (χ1n) is 6.74. The van der Waals surface area contributed by atoms with Crippen LogP contribution in [0.1, 0.15) is 0 Å². The van der Waals surface area contributed by atoms with E-state index >= 15 is 0 Å². The Kier molecular flexibility index (Phi) is 8.19. The molecule has 3 nitrogen and oxygen atoms in total. The van der Waals surface area contributed by atoms with Crippen LogP contribution in [-0.4, -0.2) is 36.4 Å². The molecule has 0 heterocycles. The lowest BCUT2D eigenvalue weighted by Crippen LogP contribution is -3.00. The van der Waals surface area contributed by atoms with E-state index in [0.717, 1.165) is 16.5 Å². The van der Waals surface area contributed by atoms with Gasteiger partial charge < -0.3 is 24.0 Å². The standard InChI is InChI=1S/C17H20N3S.HI/c1-19(2)14-18-17(21-3)20(15-10-6-4-7-11-15)16-12-8-5-9-13-16;/h4-14H,1-3H3;1H/q+1;/p-1. The van der Waals surface area contributed by atoms with Crippen LogP contribution in [0.5, 0.6) is 0 Å². The second kappa shape index (κ2) is 9.63. The summed E-state index contributed by atoms with van der Waals surface area (Å²) in [5.74, 6) is 0. The van der Waals surface area contributed by atoms with E-state index in [1.165, 1.54) is 0 Å². The minimum atomic E-state index is 0. The van der Waals surface area contributed by atoms with Gasteiger partial charge in [-0.25, -0.2) is 0 Å². The summed E-state index contributed by atoms with van der Waals surface area (Å²) in [6.45, 7) is 0. The van der Waals surface area contributed by atoms with Gasteiger partial charge in [0.15, 0.2) is 0 Å². The Morgan fingerprint density at radius 1 is 0.955 bits per heavy atom. The van der Waals surface area contributed by atoms with E-state index in [9.17, 15) is 0 Å². The van der Waals surface area contributed by atoms with Crippen molar-refractivity contribution >= 4 is 34.6 Å². The molecule has 5 heteroatoms. The van der Waals surface area contributed by atoms with Gasteiger partial charge in [-0.15, -0.1) is 0 Å². The summed E-state index contributed by atoms with van der Waals surface area (Å²) in [5.41, 5.74) is 2.20. The van der Waals surface area contributed by atoms with Gasteiger partial charge in [0.1, 0.15) is 0 Å². The van der Waals surface area contributed by atoms with Crippen LogP contribution in [0.2, 0.25) is 0 Å². The number of aliphatic imine (C=N–C) groups is 1. The highest BCUT2D eigenvalue weighted by Gasteiger charge is 2.18. The van der Waals surface area contributed by atoms with E-state index in [1.54, 1.807) is 11.8 Å². The molecule has 0 saturated heterocycles. The summed E-state index contributed by atoms with van der Waals surface area (Å²) < 4.78 is 1.93. The number of hydrogen-bond acceptors (Lipinski definition) is 1. The van der Waals surface area contributed by atoms with E-state index in [4.69, 9.17) is 0 Å². The van der Waals surface area contributed by atoms with Gasteiger partial charge in [0.2, 0.25) is 0 Å². The summed E-state index contributed by atoms with van der Waals surface area (Å²) in [4.78, 5) is 6.76. The first-order valence-corrected chi connectivity index (χ1v) is 7.96. The molecule has 0 aromatic heterocycles. The molecule has 2 rings (SSSR count). The van der Waals surface area contributed by atoms with Crippen LogP contribution in [0.4, 0.5) is 11.4 Å². The molecule has 0 aliphatic rings. The second-order valence-electron chi connectivity index (χ2n) is 4.70. The number of benzene rings is 2. The summed E-state index contributed by atoms with van der Waals surface area (Å²) >= 11 is 1.63. The Hall–Kier alpha value is -1.34. The molecular formula is C17H20IN3S. The number of para-hydroxylation sites is 2. The molecule has 0 spiro atoms. The predicted octanol–water partition coefficient (Wildman–Crippen LogP) is 0.848. The van der Waals surface area contributed by atoms with Crippen molar-refractivity contribution in [3.63, 3.8) is 0 Å². The number of thioether (sulfide) groups is 1. The lowest BCUT2D eigenvalue weighted by atomic mass is 10.2. The van der Waals surface area contributed by atoms with E-state index < -0.39 is 0 Å². The zero-order valence-electron chi connectivity index (χ0n) is 13.0. The van der Waals surface area contributed by atoms with Crippen LogP contribution in [0.15, 0.2) is 65.7 Å². The lowest BCUT2D eigenvalue weighted by molar-refractivity contribution is -0.460. The third-order valence-corrected chi connectivity index (χ3v) is 3.45. The lowest BCUT2D eigenvalue weighted by Gasteiger charge is -2.22. The summed E-state index contributed by atoms with van der Waals surface area (Å²) in [7, 11) is 3.94. The van der Waals surface area contributed by atoms with E-state index in [0.29, 0.717) is 0 Å². The van der Waals surface area contributed by atoms with Gasteiger partial charge in [-0.05, 0) is 35.5 Å². The molecule has 0 saturated carbocycles. The smallest absolute Gasteiger partial charge is 0.286 e. The fourth-order valence-electron chi connectivity index (χ4n) is 1.89. The van der Waals surface area contributed by atoms with Crippen molar-refractivity contribution in [1.29, 1.82) is 0 Å². The van der Waals surface area contributed by atoms with Crippen molar-refractivity contribution < 1.29 is 28.6 Å². The SMILES string of the molecule is CSC(=NC=[N+](C)C)N(c1ccccc1)c1ccccc1.[I-]. The molecule has 2 aromatic carbocycles. The molecule has 0 bridgehead atoms. The number of halogens is 1. The van der Waals surface area contributed by atoms with E-state index in [-0.39, 0.29) is 24.0 Å². The number of nitrogens with zero attached hydrogens (tertiary/aromatic N) is 3. The molecule has 0 N–H and O–H groups in total. The van der Waals surface area contributed by atoms with E-state index in [1.807, 2.05) is 67.7 Å². The van der Waals surface area contributed by atoms with Crippen molar-refractivity contribution in [2.24, 2.45) is 4.99 Å². The predicted molar refractivity (Wildman–Crippen MR) is 94.1 cm³/mol. The monoisotopic (exact) mass is 425 g/mol. The average Bonchev–Trinajstić information content (AvgIpc) is 2.53. The molecule has 0 aliphatic heterocycles. The Labute approximate surface area is 153 Å². The molecule has 2 aromatic rings. The quantitative estimate of drug-likeness (QED) is 0.314. The maximum absolute atomic E-state index is 4.60. The number of rotatable bonds is 3. The van der Waals surface area contributed by atoms with Gasteiger partial charge in [-0.2, -0.15) is 0 Å². The van der Waals surface area contributed by atoms with Crippen molar-refractivity contribution in [2.75, 3.05) is 25.3 Å². The van der Waals surface area contributed by atoms with Crippen LogP contribution in [0.3, 0.4) is 0 Å². The normalized spacial score (nSPS) is 10.6. The van der Waals surface area contributed by atoms with Crippen LogP contribution < -0.4 is 28.9 Å². The average molecular weight is 425 g/mol. The minimum absolute atomic E-state index is 0. The van der Waals surface area contributed by atoms with Crippen LogP contribution in [-0.2, 0) is 0 Å². The van der Waals surface area contributed by atoms with Crippen LogP contribution in [0.25, 0.3) is 0 Å². The minimum Gasteiger partial charge on any atom is -1.00 e. The topological polar surface area (TPSA) is 18.6 Å². The maximum atomic E-state index is 4.60. The first-order chi connectivity index (χ1) is 10.2. The van der Waals surface area contributed by atoms with Gasteiger partial charge in [-0.1, -0.05) is 48.2 Å². The summed E-state index contributed by atoms with van der Waals surface area (Å²) in [6.07, 6.45) is 3.87. The maximum Gasteiger partial charge on any atom is 0.286 e. The van der Waals surface area contributed by atoms with E-state index in [2.05, 4.69) is 34.2 Å². The summed E-state index contributed by atoms with van der Waals surface area (Å²) in [6, 6.07) is 20.6. The van der Waals surface area contributed by atoms with Crippen LogP contribution >= 0.6 is 11.8 Å². The number of anilines is 2. The molecular weight excluding hydrogens is 405 g/mol. The first kappa shape index (κ1) is 18.7. The molecule has 0 atom stereocenters. The highest BCUT2D eigenvalue weighted by molar-refractivity contribution is 8.13. The Bertz CT molecular complexity index is 583. The van der Waals surface area contributed by atoms with Gasteiger partial charge in [0.25, 0.3) is 11.5 Å².